The van der Waals surface area contributed by atoms with Crippen molar-refractivity contribution in [1.29, 1.82) is 0 Å². The average Bonchev–Trinajstić information content (AvgIpc) is 3.04. The van der Waals surface area contributed by atoms with E-state index >= 15 is 0 Å². The Morgan fingerprint density at radius 3 is 2.35 bits per heavy atom. The first kappa shape index (κ1) is 15.4. The van der Waals surface area contributed by atoms with E-state index in [4.69, 9.17) is 21.8 Å². The van der Waals surface area contributed by atoms with Gasteiger partial charge >= 0.3 is 0 Å². The number of nitrogens with two attached hydrogens (primary N) is 1. The minimum Gasteiger partial charge on any atom is -0.456 e. The number of benzene rings is 4. The van der Waals surface area contributed by atoms with Gasteiger partial charge < -0.3 is 10.2 Å². The van der Waals surface area contributed by atoms with Crippen LogP contribution in [-0.2, 0) is 0 Å². The summed E-state index contributed by atoms with van der Waals surface area (Å²) < 4.78 is 5.92. The average molecular weight is 358 g/mol. The summed E-state index contributed by atoms with van der Waals surface area (Å²) in [7, 11) is 0. The van der Waals surface area contributed by atoms with Crippen LogP contribution in [0.4, 0.5) is 0 Å². The van der Waals surface area contributed by atoms with Crippen LogP contribution in [-0.4, -0.2) is 0 Å². The lowest BCUT2D eigenvalue weighted by molar-refractivity contribution is 0.668. The predicted molar refractivity (Wildman–Crippen MR) is 109 cm³/mol. The Labute approximate surface area is 155 Å². The van der Waals surface area contributed by atoms with Crippen molar-refractivity contribution in [1.82, 2.24) is 0 Å². The maximum absolute atomic E-state index is 6.66. The smallest absolute Gasteiger partial charge is 0.135 e. The molecule has 26 heavy (non-hydrogen) atoms. The quantitative estimate of drug-likeness (QED) is 0.394. The minimum absolute atomic E-state index is 0.213. The zero-order valence-corrected chi connectivity index (χ0v) is 14.7. The van der Waals surface area contributed by atoms with Gasteiger partial charge in [-0.1, -0.05) is 60.1 Å². The lowest BCUT2D eigenvalue weighted by Crippen LogP contribution is -2.12. The largest absolute Gasteiger partial charge is 0.456 e. The molecule has 3 heteroatoms. The van der Waals surface area contributed by atoms with Crippen molar-refractivity contribution < 1.29 is 4.42 Å². The molecule has 4 aromatic carbocycles. The number of hydrogen-bond acceptors (Lipinski definition) is 2. The SMILES string of the molecule is NC(c1ccc2oc3ccc(Cl)cc3c2c1)c1cccc2ccccc12. The first-order valence-electron chi connectivity index (χ1n) is 8.56. The first-order valence-corrected chi connectivity index (χ1v) is 8.93. The highest BCUT2D eigenvalue weighted by Gasteiger charge is 2.15. The first-order chi connectivity index (χ1) is 12.7. The van der Waals surface area contributed by atoms with E-state index in [1.54, 1.807) is 0 Å². The summed E-state index contributed by atoms with van der Waals surface area (Å²) in [5.41, 5.74) is 10.5. The van der Waals surface area contributed by atoms with Gasteiger partial charge in [-0.25, -0.2) is 0 Å². The number of halogens is 1. The molecule has 0 saturated heterocycles. The highest BCUT2D eigenvalue weighted by atomic mass is 35.5. The molecule has 1 unspecified atom stereocenters. The van der Waals surface area contributed by atoms with Crippen LogP contribution in [0.3, 0.4) is 0 Å². The highest BCUT2D eigenvalue weighted by molar-refractivity contribution is 6.31. The van der Waals surface area contributed by atoms with E-state index in [-0.39, 0.29) is 6.04 Å². The Hall–Kier alpha value is -2.81. The second kappa shape index (κ2) is 5.87. The predicted octanol–water partition coefficient (Wildman–Crippen LogP) is 6.44. The van der Waals surface area contributed by atoms with E-state index in [1.807, 2.05) is 42.5 Å². The molecule has 0 aliphatic heterocycles. The van der Waals surface area contributed by atoms with E-state index in [2.05, 4.69) is 36.4 Å². The fourth-order valence-corrected chi connectivity index (χ4v) is 3.83. The maximum atomic E-state index is 6.66. The van der Waals surface area contributed by atoms with Crippen molar-refractivity contribution in [3.63, 3.8) is 0 Å². The lowest BCUT2D eigenvalue weighted by Gasteiger charge is -2.15. The van der Waals surface area contributed by atoms with E-state index in [9.17, 15) is 0 Å². The Balaban J connectivity index is 1.70. The molecule has 1 heterocycles. The van der Waals surface area contributed by atoms with Crippen LogP contribution in [0.15, 0.2) is 83.3 Å². The van der Waals surface area contributed by atoms with Crippen LogP contribution in [0, 0.1) is 0 Å². The second-order valence-corrected chi connectivity index (χ2v) is 6.98. The van der Waals surface area contributed by atoms with E-state index in [0.29, 0.717) is 5.02 Å². The summed E-state index contributed by atoms with van der Waals surface area (Å²) >= 11 is 6.17. The van der Waals surface area contributed by atoms with Crippen LogP contribution in [0.5, 0.6) is 0 Å². The van der Waals surface area contributed by atoms with Crippen LogP contribution in [0.25, 0.3) is 32.7 Å². The molecule has 1 aromatic heterocycles. The number of fused-ring (bicyclic) bond motifs is 4. The Morgan fingerprint density at radius 2 is 1.46 bits per heavy atom. The fraction of sp³-hybridized carbons (Fsp3) is 0.0435. The van der Waals surface area contributed by atoms with Gasteiger partial charge in [-0.2, -0.15) is 0 Å². The van der Waals surface area contributed by atoms with Crippen molar-refractivity contribution in [3.8, 4) is 0 Å². The molecule has 5 aromatic rings. The van der Waals surface area contributed by atoms with E-state index < -0.39 is 0 Å². The van der Waals surface area contributed by atoms with Crippen molar-refractivity contribution in [2.75, 3.05) is 0 Å². The Morgan fingerprint density at radius 1 is 0.731 bits per heavy atom. The van der Waals surface area contributed by atoms with Gasteiger partial charge in [-0.3, -0.25) is 0 Å². The van der Waals surface area contributed by atoms with Gasteiger partial charge in [0, 0.05) is 15.8 Å². The summed E-state index contributed by atoms with van der Waals surface area (Å²) in [6.07, 6.45) is 0. The fourth-order valence-electron chi connectivity index (χ4n) is 3.66. The highest BCUT2D eigenvalue weighted by Crippen LogP contribution is 2.34. The molecule has 2 N–H and O–H groups in total. The Bertz CT molecular complexity index is 1270. The summed E-state index contributed by atoms with van der Waals surface area (Å²) in [6.45, 7) is 0. The molecule has 0 spiro atoms. The molecule has 0 fully saturated rings. The maximum Gasteiger partial charge on any atom is 0.135 e. The van der Waals surface area contributed by atoms with Gasteiger partial charge in [-0.05, 0) is 52.2 Å². The molecule has 0 bridgehead atoms. The topological polar surface area (TPSA) is 39.2 Å². The summed E-state index contributed by atoms with van der Waals surface area (Å²) in [5.74, 6) is 0. The molecule has 126 valence electrons. The molecule has 2 nitrogen and oxygen atoms in total. The van der Waals surface area contributed by atoms with E-state index in [1.165, 1.54) is 10.8 Å². The molecule has 0 radical (unpaired) electrons. The van der Waals surface area contributed by atoms with Gasteiger partial charge in [0.25, 0.3) is 0 Å². The molecular formula is C23H16ClNO. The molecule has 1 atom stereocenters. The Kier molecular flexibility index (Phi) is 3.49. The third-order valence-corrected chi connectivity index (χ3v) is 5.21. The van der Waals surface area contributed by atoms with Crippen LogP contribution in [0.2, 0.25) is 5.02 Å². The van der Waals surface area contributed by atoms with E-state index in [0.717, 1.165) is 33.1 Å². The van der Waals surface area contributed by atoms with Gasteiger partial charge in [0.05, 0.1) is 6.04 Å². The van der Waals surface area contributed by atoms with Crippen molar-refractivity contribution >= 4 is 44.3 Å². The van der Waals surface area contributed by atoms with Crippen LogP contribution >= 0.6 is 11.6 Å². The normalized spacial score (nSPS) is 12.8. The number of hydrogen-bond donors (Lipinski definition) is 1. The minimum atomic E-state index is -0.213. The number of rotatable bonds is 2. The second-order valence-electron chi connectivity index (χ2n) is 6.54. The van der Waals surface area contributed by atoms with Crippen LogP contribution < -0.4 is 5.73 Å². The summed E-state index contributed by atoms with van der Waals surface area (Å²) in [6, 6.07) is 26.2. The van der Waals surface area contributed by atoms with Gasteiger partial charge in [0.15, 0.2) is 0 Å². The van der Waals surface area contributed by atoms with Gasteiger partial charge in [0.2, 0.25) is 0 Å². The lowest BCUT2D eigenvalue weighted by atomic mass is 9.93. The standard InChI is InChI=1S/C23H16ClNO/c24-16-9-11-22-20(13-16)19-12-15(8-10-21(19)26-22)23(25)18-7-3-5-14-4-1-2-6-17(14)18/h1-13,23H,25H2. The number of furan rings is 1. The molecule has 0 amide bonds. The zero-order valence-electron chi connectivity index (χ0n) is 13.9. The van der Waals surface area contributed by atoms with Gasteiger partial charge in [0.1, 0.15) is 11.2 Å². The molecule has 0 aliphatic carbocycles. The molecule has 5 rings (SSSR count). The summed E-state index contributed by atoms with van der Waals surface area (Å²) in [5, 5.41) is 5.13. The molecule has 0 aliphatic rings. The molecule has 0 saturated carbocycles. The van der Waals surface area contributed by atoms with Crippen LogP contribution in [0.1, 0.15) is 17.2 Å². The third kappa shape index (κ3) is 2.38. The third-order valence-electron chi connectivity index (χ3n) is 4.97. The summed E-state index contributed by atoms with van der Waals surface area (Å²) in [4.78, 5) is 0. The zero-order chi connectivity index (χ0) is 17.7. The molecular weight excluding hydrogens is 342 g/mol. The van der Waals surface area contributed by atoms with Crippen molar-refractivity contribution in [3.05, 3.63) is 95.0 Å². The van der Waals surface area contributed by atoms with Crippen molar-refractivity contribution in [2.24, 2.45) is 5.73 Å². The monoisotopic (exact) mass is 357 g/mol. The van der Waals surface area contributed by atoms with Gasteiger partial charge in [-0.15, -0.1) is 0 Å². The van der Waals surface area contributed by atoms with Crippen molar-refractivity contribution in [2.45, 2.75) is 6.04 Å².